The summed E-state index contributed by atoms with van der Waals surface area (Å²) in [6.45, 7) is 3.73. The number of hydrogen-bond donors (Lipinski definition) is 0. The van der Waals surface area contributed by atoms with Crippen LogP contribution < -0.4 is 0 Å². The first-order chi connectivity index (χ1) is 7.74. The number of methoxy groups -OCH3 is 1. The Hall–Kier alpha value is -1.25. The number of Topliss-reactive ketones (excluding diaryl/α,β-unsaturated/α-hetero) is 1. The van der Waals surface area contributed by atoms with Gasteiger partial charge in [-0.25, -0.2) is 0 Å². The molecular formula is C12H18N2O2. The topological polar surface area (TPSA) is 62.7 Å². The summed E-state index contributed by atoms with van der Waals surface area (Å²) in [6.07, 6.45) is 6.59. The van der Waals surface area contributed by atoms with Crippen LogP contribution in [0.25, 0.3) is 5.53 Å². The van der Waals surface area contributed by atoms with Crippen molar-refractivity contribution in [2.24, 2.45) is 11.8 Å². The number of carbonyl (C=O) groups is 1. The van der Waals surface area contributed by atoms with Crippen LogP contribution in [-0.2, 0) is 9.53 Å². The van der Waals surface area contributed by atoms with Gasteiger partial charge in [-0.15, -0.1) is 6.58 Å². The third-order valence-corrected chi connectivity index (χ3v) is 3.30. The van der Waals surface area contributed by atoms with E-state index in [1.165, 1.54) is 0 Å². The molecule has 4 heteroatoms. The van der Waals surface area contributed by atoms with E-state index in [-0.39, 0.29) is 23.7 Å². The minimum absolute atomic E-state index is 0.0960. The fourth-order valence-electron chi connectivity index (χ4n) is 2.50. The molecular weight excluding hydrogens is 204 g/mol. The van der Waals surface area contributed by atoms with Gasteiger partial charge < -0.3 is 10.3 Å². The van der Waals surface area contributed by atoms with Gasteiger partial charge in [-0.05, 0) is 18.8 Å². The zero-order chi connectivity index (χ0) is 12.0. The molecule has 0 saturated heterocycles. The molecule has 1 rings (SSSR count). The van der Waals surface area contributed by atoms with E-state index in [2.05, 4.69) is 11.4 Å². The smallest absolute Gasteiger partial charge is 0.323 e. The van der Waals surface area contributed by atoms with Gasteiger partial charge in [0.1, 0.15) is 0 Å². The number of hydrogen-bond acceptors (Lipinski definition) is 2. The SMILES string of the molecule is C=C[C@H](OC)[C@H]1CCCC[C@@H]1C(=O)C=[N+]=[N-]. The number of carbonyl (C=O) groups excluding carboxylic acids is 1. The first-order valence-corrected chi connectivity index (χ1v) is 5.61. The Bertz CT molecular complexity index is 308. The predicted octanol–water partition coefficient (Wildman–Crippen LogP) is 1.86. The molecule has 1 aliphatic carbocycles. The van der Waals surface area contributed by atoms with Gasteiger partial charge in [0.15, 0.2) is 0 Å². The quantitative estimate of drug-likeness (QED) is 0.308. The summed E-state index contributed by atoms with van der Waals surface area (Å²) in [6, 6.07) is 0. The first-order valence-electron chi connectivity index (χ1n) is 5.61. The van der Waals surface area contributed by atoms with Crippen molar-refractivity contribution in [3.63, 3.8) is 0 Å². The maximum atomic E-state index is 11.7. The van der Waals surface area contributed by atoms with E-state index in [9.17, 15) is 4.79 Å². The summed E-state index contributed by atoms with van der Waals surface area (Å²) in [4.78, 5) is 14.6. The molecule has 1 aliphatic rings. The van der Waals surface area contributed by atoms with E-state index in [0.717, 1.165) is 31.9 Å². The van der Waals surface area contributed by atoms with E-state index in [1.807, 2.05) is 0 Å². The van der Waals surface area contributed by atoms with Crippen LogP contribution in [-0.4, -0.2) is 30.0 Å². The fraction of sp³-hybridized carbons (Fsp3) is 0.667. The van der Waals surface area contributed by atoms with Crippen LogP contribution in [0.15, 0.2) is 12.7 Å². The van der Waals surface area contributed by atoms with Gasteiger partial charge >= 0.3 is 6.21 Å². The van der Waals surface area contributed by atoms with Crippen LogP contribution >= 0.6 is 0 Å². The fourth-order valence-corrected chi connectivity index (χ4v) is 2.50. The third kappa shape index (κ3) is 2.87. The molecule has 16 heavy (non-hydrogen) atoms. The average molecular weight is 222 g/mol. The molecule has 0 aromatic heterocycles. The molecule has 1 fully saturated rings. The Morgan fingerprint density at radius 1 is 1.56 bits per heavy atom. The van der Waals surface area contributed by atoms with Gasteiger partial charge in [-0.1, -0.05) is 18.9 Å². The van der Waals surface area contributed by atoms with E-state index >= 15 is 0 Å². The Morgan fingerprint density at radius 2 is 2.25 bits per heavy atom. The van der Waals surface area contributed by atoms with Crippen molar-refractivity contribution in [2.45, 2.75) is 31.8 Å². The number of ketones is 1. The lowest BCUT2D eigenvalue weighted by atomic mass is 9.74. The summed E-state index contributed by atoms with van der Waals surface area (Å²) in [5.41, 5.74) is 8.40. The summed E-state index contributed by atoms with van der Waals surface area (Å²) in [7, 11) is 1.63. The van der Waals surface area contributed by atoms with Crippen LogP contribution in [0, 0.1) is 11.8 Å². The Labute approximate surface area is 95.9 Å². The minimum atomic E-state index is -0.115. The average Bonchev–Trinajstić information content (AvgIpc) is 2.31. The van der Waals surface area contributed by atoms with E-state index < -0.39 is 0 Å². The number of nitrogens with zero attached hydrogens (tertiary/aromatic N) is 2. The lowest BCUT2D eigenvalue weighted by Crippen LogP contribution is -2.36. The van der Waals surface area contributed by atoms with Gasteiger partial charge in [-0.2, -0.15) is 4.79 Å². The molecule has 4 nitrogen and oxygen atoms in total. The van der Waals surface area contributed by atoms with Gasteiger partial charge in [0.25, 0.3) is 0 Å². The largest absolute Gasteiger partial charge is 0.377 e. The van der Waals surface area contributed by atoms with Gasteiger partial charge in [0.05, 0.1) is 6.10 Å². The molecule has 0 aromatic carbocycles. The Kier molecular flexibility index (Phi) is 5.09. The summed E-state index contributed by atoms with van der Waals surface area (Å²) < 4.78 is 5.32. The van der Waals surface area contributed by atoms with Crippen molar-refractivity contribution in [3.8, 4) is 0 Å². The molecule has 3 atom stereocenters. The van der Waals surface area contributed by atoms with Crippen LogP contribution in [0.1, 0.15) is 25.7 Å². The molecule has 0 spiro atoms. The molecule has 1 saturated carbocycles. The van der Waals surface area contributed by atoms with E-state index in [1.54, 1.807) is 13.2 Å². The van der Waals surface area contributed by atoms with Crippen molar-refractivity contribution < 1.29 is 14.3 Å². The molecule has 88 valence electrons. The van der Waals surface area contributed by atoms with Crippen molar-refractivity contribution in [1.29, 1.82) is 0 Å². The van der Waals surface area contributed by atoms with E-state index in [4.69, 9.17) is 10.3 Å². The van der Waals surface area contributed by atoms with E-state index in [0.29, 0.717) is 0 Å². The highest BCUT2D eigenvalue weighted by atomic mass is 16.5. The van der Waals surface area contributed by atoms with Crippen LogP contribution in [0.2, 0.25) is 0 Å². The second-order valence-corrected chi connectivity index (χ2v) is 4.14. The molecule has 0 heterocycles. The lowest BCUT2D eigenvalue weighted by molar-refractivity contribution is -0.124. The standard InChI is InChI=1S/C12H18N2O2/c1-3-12(16-2)10-7-5-4-6-9(10)11(15)8-14-13/h3,8-10,12H,1,4-7H2,2H3/t9-,10-,12-/m0/s1. The second kappa shape index (κ2) is 6.36. The highest BCUT2D eigenvalue weighted by Crippen LogP contribution is 2.34. The molecule has 0 amide bonds. The van der Waals surface area contributed by atoms with Crippen molar-refractivity contribution >= 4 is 12.0 Å². The monoisotopic (exact) mass is 222 g/mol. The Morgan fingerprint density at radius 3 is 2.81 bits per heavy atom. The van der Waals surface area contributed by atoms with Crippen LogP contribution in [0.5, 0.6) is 0 Å². The summed E-state index contributed by atoms with van der Waals surface area (Å²) in [5, 5.41) is 0. The molecule has 0 aromatic rings. The lowest BCUT2D eigenvalue weighted by Gasteiger charge is -2.32. The third-order valence-electron chi connectivity index (χ3n) is 3.30. The zero-order valence-corrected chi connectivity index (χ0v) is 9.63. The molecule has 0 radical (unpaired) electrons. The van der Waals surface area contributed by atoms with Crippen molar-refractivity contribution in [3.05, 3.63) is 18.2 Å². The molecule has 0 N–H and O–H groups in total. The highest BCUT2D eigenvalue weighted by molar-refractivity contribution is 6.26. The minimum Gasteiger partial charge on any atom is -0.377 e. The maximum absolute atomic E-state index is 11.7. The summed E-state index contributed by atoms with van der Waals surface area (Å²) in [5.74, 6) is -0.0644. The summed E-state index contributed by atoms with van der Waals surface area (Å²) >= 11 is 0. The van der Waals surface area contributed by atoms with Gasteiger partial charge in [-0.3, -0.25) is 4.79 Å². The molecule has 0 bridgehead atoms. The predicted molar refractivity (Wildman–Crippen MR) is 61.1 cm³/mol. The molecule has 0 unspecified atom stereocenters. The van der Waals surface area contributed by atoms with Crippen molar-refractivity contribution in [1.82, 2.24) is 0 Å². The highest BCUT2D eigenvalue weighted by Gasteiger charge is 2.35. The second-order valence-electron chi connectivity index (χ2n) is 4.14. The van der Waals surface area contributed by atoms with Crippen LogP contribution in [0.3, 0.4) is 0 Å². The normalized spacial score (nSPS) is 26.6. The van der Waals surface area contributed by atoms with Gasteiger partial charge in [0, 0.05) is 13.0 Å². The van der Waals surface area contributed by atoms with Crippen molar-refractivity contribution in [2.75, 3.05) is 7.11 Å². The maximum Gasteiger partial charge on any atom is 0.323 e. The van der Waals surface area contributed by atoms with Gasteiger partial charge in [0.2, 0.25) is 5.78 Å². The Balaban J connectivity index is 2.81. The first kappa shape index (κ1) is 12.8. The number of rotatable bonds is 5. The number of ether oxygens (including phenoxy) is 1. The van der Waals surface area contributed by atoms with Crippen LogP contribution in [0.4, 0.5) is 0 Å². The molecule has 0 aliphatic heterocycles. The zero-order valence-electron chi connectivity index (χ0n) is 9.63.